The second-order valence-corrected chi connectivity index (χ2v) is 8.44. The van der Waals surface area contributed by atoms with Crippen LogP contribution in [0.15, 0.2) is 66.7 Å². The molecule has 7 nitrogen and oxygen atoms in total. The van der Waals surface area contributed by atoms with E-state index in [1.807, 2.05) is 73.1 Å². The van der Waals surface area contributed by atoms with Crippen molar-refractivity contribution in [1.82, 2.24) is 14.7 Å². The highest BCUT2D eigenvalue weighted by Gasteiger charge is 2.38. The lowest BCUT2D eigenvalue weighted by Gasteiger charge is -2.41. The molecule has 1 fully saturated rings. The molecule has 3 aromatic rings. The molecular weight excluding hydrogens is 416 g/mol. The van der Waals surface area contributed by atoms with Crippen LogP contribution in [0.5, 0.6) is 0 Å². The van der Waals surface area contributed by atoms with Crippen molar-refractivity contribution < 1.29 is 14.3 Å². The molecule has 33 heavy (non-hydrogen) atoms. The Morgan fingerprint density at radius 1 is 1.06 bits per heavy atom. The van der Waals surface area contributed by atoms with E-state index >= 15 is 0 Å². The summed E-state index contributed by atoms with van der Waals surface area (Å²) in [5, 5.41) is 4.67. The number of aryl methyl sites for hydroxylation is 1. The van der Waals surface area contributed by atoms with Gasteiger partial charge in [-0.3, -0.25) is 4.79 Å². The average Bonchev–Trinajstić information content (AvgIpc) is 3.23. The predicted octanol–water partition coefficient (Wildman–Crippen LogP) is 3.23. The minimum atomic E-state index is -0.678. The van der Waals surface area contributed by atoms with E-state index in [0.29, 0.717) is 26.2 Å². The summed E-state index contributed by atoms with van der Waals surface area (Å²) in [6.45, 7) is 5.89. The molecule has 2 heterocycles. The summed E-state index contributed by atoms with van der Waals surface area (Å²) in [5.41, 5.74) is 2.99. The number of aromatic nitrogens is 2. The van der Waals surface area contributed by atoms with Gasteiger partial charge < -0.3 is 14.5 Å². The molecule has 4 rings (SSSR count). The van der Waals surface area contributed by atoms with Crippen LogP contribution in [-0.2, 0) is 20.9 Å². The fourth-order valence-corrected chi connectivity index (χ4v) is 4.38. The lowest BCUT2D eigenvalue weighted by molar-refractivity contribution is -0.153. The predicted molar refractivity (Wildman–Crippen MR) is 127 cm³/mol. The molecule has 0 spiro atoms. The fourth-order valence-electron chi connectivity index (χ4n) is 4.38. The number of carbonyl (C=O) groups is 2. The van der Waals surface area contributed by atoms with Crippen molar-refractivity contribution in [3.05, 3.63) is 83.6 Å². The molecule has 1 saturated heterocycles. The zero-order chi connectivity index (χ0) is 23.4. The number of esters is 1. The van der Waals surface area contributed by atoms with Gasteiger partial charge in [0.15, 0.2) is 0 Å². The van der Waals surface area contributed by atoms with Gasteiger partial charge in [0.2, 0.25) is 5.91 Å². The molecule has 2 unspecified atom stereocenters. The molecule has 172 valence electrons. The van der Waals surface area contributed by atoms with Gasteiger partial charge in [-0.2, -0.15) is 5.10 Å². The van der Waals surface area contributed by atoms with Gasteiger partial charge in [-0.25, -0.2) is 9.48 Å². The number of anilines is 1. The molecule has 0 saturated carbocycles. The Balaban J connectivity index is 1.56. The van der Waals surface area contributed by atoms with E-state index in [0.717, 1.165) is 22.6 Å². The summed E-state index contributed by atoms with van der Waals surface area (Å²) in [5.74, 6) is 0.133. The number of amides is 1. The number of nitrogens with zero attached hydrogens (tertiary/aromatic N) is 4. The monoisotopic (exact) mass is 446 g/mol. The van der Waals surface area contributed by atoms with Gasteiger partial charge in [0.25, 0.3) is 0 Å². The number of methoxy groups -OCH3 is 1. The van der Waals surface area contributed by atoms with Gasteiger partial charge >= 0.3 is 5.97 Å². The first-order valence-corrected chi connectivity index (χ1v) is 11.2. The van der Waals surface area contributed by atoms with E-state index in [4.69, 9.17) is 4.74 Å². The SMILES string of the molecule is COC(=O)C1CN(c2cc(C)nn2Cc2ccccc2)CCN1C(=O)C(C)c1ccccc1. The number of benzene rings is 2. The number of piperazine rings is 1. The average molecular weight is 447 g/mol. The van der Waals surface area contributed by atoms with E-state index in [1.165, 1.54) is 7.11 Å². The van der Waals surface area contributed by atoms with Crippen LogP contribution in [0, 0.1) is 6.92 Å². The van der Waals surface area contributed by atoms with E-state index in [-0.39, 0.29) is 11.8 Å². The van der Waals surface area contributed by atoms with Crippen LogP contribution in [0.1, 0.15) is 29.7 Å². The summed E-state index contributed by atoms with van der Waals surface area (Å²) in [6, 6.07) is 21.2. The van der Waals surface area contributed by atoms with Crippen LogP contribution in [0.3, 0.4) is 0 Å². The zero-order valence-corrected chi connectivity index (χ0v) is 19.3. The highest BCUT2D eigenvalue weighted by Crippen LogP contribution is 2.25. The Morgan fingerprint density at radius 3 is 2.39 bits per heavy atom. The molecular formula is C26H30N4O3. The van der Waals surface area contributed by atoms with Crippen molar-refractivity contribution in [2.75, 3.05) is 31.6 Å². The molecule has 1 aliphatic rings. The Hall–Kier alpha value is -3.61. The van der Waals surface area contributed by atoms with Crippen LogP contribution in [0.2, 0.25) is 0 Å². The smallest absolute Gasteiger partial charge is 0.330 e. The summed E-state index contributed by atoms with van der Waals surface area (Å²) in [4.78, 5) is 29.9. The van der Waals surface area contributed by atoms with E-state index in [1.54, 1.807) is 4.90 Å². The molecule has 7 heteroatoms. The quantitative estimate of drug-likeness (QED) is 0.544. The van der Waals surface area contributed by atoms with Gasteiger partial charge in [0.05, 0.1) is 31.8 Å². The number of hydrogen-bond acceptors (Lipinski definition) is 5. The zero-order valence-electron chi connectivity index (χ0n) is 19.3. The second kappa shape index (κ2) is 9.90. The van der Waals surface area contributed by atoms with Gasteiger partial charge in [-0.15, -0.1) is 0 Å². The Kier molecular flexibility index (Phi) is 6.77. The van der Waals surface area contributed by atoms with Gasteiger partial charge in [-0.05, 0) is 25.0 Å². The van der Waals surface area contributed by atoms with E-state index in [2.05, 4.69) is 22.1 Å². The van der Waals surface area contributed by atoms with E-state index in [9.17, 15) is 9.59 Å². The summed E-state index contributed by atoms with van der Waals surface area (Å²) in [7, 11) is 1.37. The van der Waals surface area contributed by atoms with Crippen molar-refractivity contribution in [1.29, 1.82) is 0 Å². The molecule has 0 radical (unpaired) electrons. The van der Waals surface area contributed by atoms with Crippen LogP contribution in [0.25, 0.3) is 0 Å². The number of rotatable bonds is 6. The van der Waals surface area contributed by atoms with Gasteiger partial charge in [0.1, 0.15) is 11.9 Å². The first-order valence-electron chi connectivity index (χ1n) is 11.2. The Bertz CT molecular complexity index is 1100. The van der Waals surface area contributed by atoms with Crippen LogP contribution >= 0.6 is 0 Å². The third kappa shape index (κ3) is 4.92. The molecule has 0 bridgehead atoms. The molecule has 0 N–H and O–H groups in total. The lowest BCUT2D eigenvalue weighted by Crippen LogP contribution is -2.59. The Labute approximate surface area is 194 Å². The molecule has 1 aliphatic heterocycles. The van der Waals surface area contributed by atoms with Crippen LogP contribution in [0.4, 0.5) is 5.82 Å². The molecule has 1 amide bonds. The van der Waals surface area contributed by atoms with Crippen LogP contribution < -0.4 is 4.90 Å². The molecule has 2 aromatic carbocycles. The summed E-state index contributed by atoms with van der Waals surface area (Å²) >= 11 is 0. The van der Waals surface area contributed by atoms with Crippen LogP contribution in [-0.4, -0.2) is 59.3 Å². The minimum absolute atomic E-state index is 0.0646. The highest BCUT2D eigenvalue weighted by molar-refractivity contribution is 5.89. The lowest BCUT2D eigenvalue weighted by atomic mass is 9.98. The number of carbonyl (C=O) groups excluding carboxylic acids is 2. The summed E-state index contributed by atoms with van der Waals surface area (Å²) < 4.78 is 7.05. The fraction of sp³-hybridized carbons (Fsp3) is 0.346. The van der Waals surface area contributed by atoms with E-state index < -0.39 is 12.0 Å². The first-order chi connectivity index (χ1) is 16.0. The van der Waals surface area contributed by atoms with Crippen molar-refractivity contribution >= 4 is 17.7 Å². The standard InChI is InChI=1S/C26H30N4O3/c1-19-16-24(30(27-19)17-21-10-6-4-7-11-21)28-14-15-29(23(18-28)26(32)33-3)25(31)20(2)22-12-8-5-9-13-22/h4-13,16,20,23H,14-15,17-18H2,1-3H3. The van der Waals surface area contributed by atoms with Crippen molar-refractivity contribution in [2.45, 2.75) is 32.4 Å². The second-order valence-electron chi connectivity index (χ2n) is 8.44. The largest absolute Gasteiger partial charge is 0.467 e. The van der Waals surface area contributed by atoms with Crippen molar-refractivity contribution in [2.24, 2.45) is 0 Å². The number of hydrogen-bond donors (Lipinski definition) is 0. The highest BCUT2D eigenvalue weighted by atomic mass is 16.5. The van der Waals surface area contributed by atoms with Gasteiger partial charge in [0, 0.05) is 19.2 Å². The van der Waals surface area contributed by atoms with Gasteiger partial charge in [-0.1, -0.05) is 60.7 Å². The third-order valence-electron chi connectivity index (χ3n) is 6.19. The maximum atomic E-state index is 13.4. The molecule has 2 atom stereocenters. The number of ether oxygens (including phenoxy) is 1. The first kappa shape index (κ1) is 22.6. The topological polar surface area (TPSA) is 67.7 Å². The normalized spacial score (nSPS) is 17.0. The Morgan fingerprint density at radius 2 is 1.73 bits per heavy atom. The molecule has 1 aromatic heterocycles. The van der Waals surface area contributed by atoms with Crippen molar-refractivity contribution in [3.8, 4) is 0 Å². The maximum Gasteiger partial charge on any atom is 0.330 e. The molecule has 0 aliphatic carbocycles. The minimum Gasteiger partial charge on any atom is -0.467 e. The summed E-state index contributed by atoms with van der Waals surface area (Å²) in [6.07, 6.45) is 0. The van der Waals surface area contributed by atoms with Crippen molar-refractivity contribution in [3.63, 3.8) is 0 Å². The third-order valence-corrected chi connectivity index (χ3v) is 6.19. The maximum absolute atomic E-state index is 13.4.